The summed E-state index contributed by atoms with van der Waals surface area (Å²) < 4.78 is 23.0. The van der Waals surface area contributed by atoms with Gasteiger partial charge in [-0.1, -0.05) is 27.5 Å². The Hall–Kier alpha value is -2.22. The number of hydrogen-bond acceptors (Lipinski definition) is 6. The number of fused-ring (bicyclic) bond motifs is 1. The molecule has 0 saturated heterocycles. The fourth-order valence-electron chi connectivity index (χ4n) is 1.53. The molecule has 1 aliphatic heterocycles. The van der Waals surface area contributed by atoms with Crippen LogP contribution in [-0.4, -0.2) is 35.5 Å². The molecule has 0 unspecified atom stereocenters. The molecule has 2 rings (SSSR count). The summed E-state index contributed by atoms with van der Waals surface area (Å²) in [5, 5.41) is 23.1. The van der Waals surface area contributed by atoms with Crippen molar-refractivity contribution in [1.29, 1.82) is 0 Å². The van der Waals surface area contributed by atoms with Crippen LogP contribution in [0.2, 0.25) is 0 Å². The van der Waals surface area contributed by atoms with E-state index in [1.165, 1.54) is 24.3 Å². The second kappa shape index (κ2) is 3.67. The smallest absolute Gasteiger partial charge is 0.406 e. The third-order valence-electron chi connectivity index (χ3n) is 2.29. The maximum Gasteiger partial charge on any atom is 0.406 e. The Balaban J connectivity index is 2.93. The SMILES string of the molecule is O=CC1=[N+]([O-])S(=O)(=O)c2ccccc2C1=NO. The maximum atomic E-state index is 11.7. The van der Waals surface area contributed by atoms with Crippen LogP contribution in [0.15, 0.2) is 34.3 Å². The van der Waals surface area contributed by atoms with Crippen LogP contribution < -0.4 is 0 Å². The molecule has 88 valence electrons. The molecule has 1 aromatic carbocycles. The van der Waals surface area contributed by atoms with E-state index in [1.807, 2.05) is 0 Å². The van der Waals surface area contributed by atoms with Crippen LogP contribution in [0.1, 0.15) is 5.56 Å². The van der Waals surface area contributed by atoms with E-state index in [-0.39, 0.29) is 22.5 Å². The number of nitrogens with zero attached hydrogens (tertiary/aromatic N) is 2. The molecule has 0 amide bonds. The predicted molar refractivity (Wildman–Crippen MR) is 56.6 cm³/mol. The normalized spacial score (nSPS) is 20.1. The van der Waals surface area contributed by atoms with E-state index in [2.05, 4.69) is 5.16 Å². The molecule has 1 N–H and O–H groups in total. The highest BCUT2D eigenvalue weighted by Crippen LogP contribution is 2.23. The van der Waals surface area contributed by atoms with Crippen LogP contribution in [0.4, 0.5) is 0 Å². The molecule has 0 bridgehead atoms. The Morgan fingerprint density at radius 2 is 2.00 bits per heavy atom. The Labute approximate surface area is 95.9 Å². The van der Waals surface area contributed by atoms with Crippen molar-refractivity contribution in [2.24, 2.45) is 5.16 Å². The van der Waals surface area contributed by atoms with Crippen molar-refractivity contribution in [2.45, 2.75) is 4.90 Å². The minimum atomic E-state index is -4.31. The van der Waals surface area contributed by atoms with Crippen LogP contribution in [0, 0.1) is 5.21 Å². The summed E-state index contributed by atoms with van der Waals surface area (Å²) >= 11 is 0. The van der Waals surface area contributed by atoms with Crippen LogP contribution in [0.5, 0.6) is 0 Å². The molecule has 17 heavy (non-hydrogen) atoms. The van der Waals surface area contributed by atoms with Gasteiger partial charge in [-0.3, -0.25) is 4.79 Å². The topological polar surface area (TPSA) is 110 Å². The molecular formula is C9H6N2O5S. The number of rotatable bonds is 1. The molecule has 0 atom stereocenters. The summed E-state index contributed by atoms with van der Waals surface area (Å²) in [5.74, 6) is 0. The number of carbonyl (C=O) groups excluding carboxylic acids is 1. The molecule has 0 radical (unpaired) electrons. The van der Waals surface area contributed by atoms with Gasteiger partial charge in [0.15, 0.2) is 5.71 Å². The number of sulfonamides is 1. The highest BCUT2D eigenvalue weighted by Gasteiger charge is 2.40. The lowest BCUT2D eigenvalue weighted by Gasteiger charge is -2.15. The zero-order chi connectivity index (χ0) is 12.6. The van der Waals surface area contributed by atoms with Crippen molar-refractivity contribution in [3.8, 4) is 0 Å². The molecule has 0 aliphatic carbocycles. The molecule has 1 heterocycles. The highest BCUT2D eigenvalue weighted by molar-refractivity contribution is 7.86. The van der Waals surface area contributed by atoms with Gasteiger partial charge in [0.25, 0.3) is 5.71 Å². The minimum absolute atomic E-state index is 0.0178. The molecule has 1 aromatic rings. The van der Waals surface area contributed by atoms with E-state index < -0.39 is 19.9 Å². The van der Waals surface area contributed by atoms with Crippen molar-refractivity contribution < 1.29 is 22.6 Å². The average Bonchev–Trinajstić information content (AvgIpc) is 2.34. The van der Waals surface area contributed by atoms with Gasteiger partial charge in [0.05, 0.1) is 0 Å². The predicted octanol–water partition coefficient (Wildman–Crippen LogP) is -0.283. The highest BCUT2D eigenvalue weighted by atomic mass is 32.2. The summed E-state index contributed by atoms with van der Waals surface area (Å²) in [7, 11) is -4.31. The van der Waals surface area contributed by atoms with Gasteiger partial charge >= 0.3 is 10.0 Å². The molecule has 8 heteroatoms. The van der Waals surface area contributed by atoms with Gasteiger partial charge < -0.3 is 10.4 Å². The Kier molecular flexibility index (Phi) is 2.43. The quantitative estimate of drug-likeness (QED) is 0.243. The summed E-state index contributed by atoms with van der Waals surface area (Å²) in [4.78, 5) is 10.4. The molecular weight excluding hydrogens is 248 g/mol. The average molecular weight is 254 g/mol. The minimum Gasteiger partial charge on any atom is -0.607 e. The Bertz CT molecular complexity index is 660. The van der Waals surface area contributed by atoms with Gasteiger partial charge in [-0.05, 0) is 6.07 Å². The first kappa shape index (κ1) is 11.3. The molecule has 0 spiro atoms. The van der Waals surface area contributed by atoms with Crippen molar-refractivity contribution in [2.75, 3.05) is 0 Å². The number of hydrogen-bond donors (Lipinski definition) is 1. The van der Waals surface area contributed by atoms with Crippen molar-refractivity contribution in [1.82, 2.24) is 0 Å². The summed E-state index contributed by atoms with van der Waals surface area (Å²) in [5.41, 5.74) is -1.09. The molecule has 1 aliphatic rings. The molecule has 0 fully saturated rings. The molecule has 0 saturated carbocycles. The van der Waals surface area contributed by atoms with Crippen molar-refractivity contribution >= 4 is 27.7 Å². The first-order chi connectivity index (χ1) is 8.04. The van der Waals surface area contributed by atoms with E-state index in [1.54, 1.807) is 0 Å². The van der Waals surface area contributed by atoms with Gasteiger partial charge in [-0.15, -0.1) is 0 Å². The number of aldehydes is 1. The fraction of sp³-hybridized carbons (Fsp3) is 0. The first-order valence-electron chi connectivity index (χ1n) is 4.40. The zero-order valence-electron chi connectivity index (χ0n) is 8.27. The van der Waals surface area contributed by atoms with Crippen molar-refractivity contribution in [3.63, 3.8) is 0 Å². The van der Waals surface area contributed by atoms with Crippen LogP contribution in [0.25, 0.3) is 0 Å². The largest absolute Gasteiger partial charge is 0.607 e. The lowest BCUT2D eigenvalue weighted by atomic mass is 10.1. The van der Waals surface area contributed by atoms with Gasteiger partial charge in [0, 0.05) is 5.56 Å². The van der Waals surface area contributed by atoms with E-state index >= 15 is 0 Å². The van der Waals surface area contributed by atoms with E-state index in [4.69, 9.17) is 5.21 Å². The lowest BCUT2D eigenvalue weighted by Crippen LogP contribution is -2.37. The van der Waals surface area contributed by atoms with Crippen LogP contribution in [0.3, 0.4) is 0 Å². The fourth-order valence-corrected chi connectivity index (χ4v) is 2.79. The monoisotopic (exact) mass is 254 g/mol. The second-order valence-corrected chi connectivity index (χ2v) is 4.90. The van der Waals surface area contributed by atoms with Gasteiger partial charge in [-0.25, -0.2) is 0 Å². The third kappa shape index (κ3) is 1.41. The first-order valence-corrected chi connectivity index (χ1v) is 5.84. The van der Waals surface area contributed by atoms with E-state index in [0.717, 1.165) is 0 Å². The van der Waals surface area contributed by atoms with Crippen molar-refractivity contribution in [3.05, 3.63) is 35.0 Å². The van der Waals surface area contributed by atoms with Gasteiger partial charge in [-0.2, -0.15) is 8.42 Å². The molecule has 7 nitrogen and oxygen atoms in total. The maximum absolute atomic E-state index is 11.7. The zero-order valence-corrected chi connectivity index (χ0v) is 9.09. The van der Waals surface area contributed by atoms with E-state index in [9.17, 15) is 18.4 Å². The third-order valence-corrected chi connectivity index (χ3v) is 3.83. The number of oxime groups is 1. The van der Waals surface area contributed by atoms with Crippen LogP contribution >= 0.6 is 0 Å². The summed E-state index contributed by atoms with van der Waals surface area (Å²) in [6, 6.07) is 5.47. The van der Waals surface area contributed by atoms with Gasteiger partial charge in [0.2, 0.25) is 6.29 Å². The summed E-state index contributed by atoms with van der Waals surface area (Å²) in [6.45, 7) is 0. The number of benzene rings is 1. The Morgan fingerprint density at radius 1 is 1.35 bits per heavy atom. The standard InChI is InChI=1S/C9H6N2O5S/c12-5-7-9(10-13)6-3-1-2-4-8(6)17(15,16)11(7)14/h1-5,13H. The van der Waals surface area contributed by atoms with E-state index in [0.29, 0.717) is 0 Å². The second-order valence-electron chi connectivity index (χ2n) is 3.18. The molecule has 0 aromatic heterocycles. The Morgan fingerprint density at radius 3 is 2.59 bits per heavy atom. The summed E-state index contributed by atoms with van der Waals surface area (Å²) in [6.07, 6.45) is 0.0372. The lowest BCUT2D eigenvalue weighted by molar-refractivity contribution is -0.277. The van der Waals surface area contributed by atoms with Crippen LogP contribution in [-0.2, 0) is 14.8 Å². The van der Waals surface area contributed by atoms with Gasteiger partial charge in [0.1, 0.15) is 4.90 Å². The number of carbonyl (C=O) groups is 1.